The molecule has 15 heavy (non-hydrogen) atoms. The SMILES string of the molecule is O=C(O)c1occ2c1SC1(CC1)C(=O)N2. The summed E-state index contributed by atoms with van der Waals surface area (Å²) in [7, 11) is 0. The lowest BCUT2D eigenvalue weighted by Gasteiger charge is -2.20. The molecule has 2 N–H and O–H groups in total. The number of carboxylic acids is 1. The predicted molar refractivity (Wildman–Crippen MR) is 52.1 cm³/mol. The van der Waals surface area contributed by atoms with Crippen LogP contribution in [0.1, 0.15) is 23.4 Å². The van der Waals surface area contributed by atoms with Gasteiger partial charge in [-0.1, -0.05) is 0 Å². The van der Waals surface area contributed by atoms with E-state index in [1.165, 1.54) is 18.0 Å². The van der Waals surface area contributed by atoms with Crippen LogP contribution in [0.15, 0.2) is 15.6 Å². The number of hydrogen-bond acceptors (Lipinski definition) is 4. The first-order valence-electron chi connectivity index (χ1n) is 4.48. The Morgan fingerprint density at radius 1 is 1.60 bits per heavy atom. The minimum atomic E-state index is -1.10. The number of nitrogens with one attached hydrogen (secondary N) is 1. The van der Waals surface area contributed by atoms with Gasteiger partial charge in [0.1, 0.15) is 6.26 Å². The van der Waals surface area contributed by atoms with E-state index in [0.29, 0.717) is 10.6 Å². The van der Waals surface area contributed by atoms with Crippen molar-refractivity contribution in [3.05, 3.63) is 12.0 Å². The molecule has 1 fully saturated rings. The summed E-state index contributed by atoms with van der Waals surface area (Å²) in [5.74, 6) is -1.23. The Morgan fingerprint density at radius 2 is 2.33 bits per heavy atom. The summed E-state index contributed by atoms with van der Waals surface area (Å²) < 4.78 is 4.48. The van der Waals surface area contributed by atoms with Gasteiger partial charge in [-0.3, -0.25) is 4.79 Å². The summed E-state index contributed by atoms with van der Waals surface area (Å²) in [4.78, 5) is 23.0. The van der Waals surface area contributed by atoms with E-state index in [1.807, 2.05) is 0 Å². The van der Waals surface area contributed by atoms with Crippen molar-refractivity contribution in [2.45, 2.75) is 22.5 Å². The molecule has 2 aliphatic rings. The largest absolute Gasteiger partial charge is 0.475 e. The average molecular weight is 225 g/mol. The van der Waals surface area contributed by atoms with Crippen LogP contribution in [0, 0.1) is 0 Å². The second kappa shape index (κ2) is 2.57. The maximum absolute atomic E-state index is 11.6. The Bertz CT molecular complexity index is 474. The van der Waals surface area contributed by atoms with E-state index in [9.17, 15) is 9.59 Å². The lowest BCUT2D eigenvalue weighted by molar-refractivity contribution is -0.116. The molecule has 1 saturated carbocycles. The van der Waals surface area contributed by atoms with Gasteiger partial charge >= 0.3 is 5.97 Å². The summed E-state index contributed by atoms with van der Waals surface area (Å²) in [6.07, 6.45) is 2.87. The fourth-order valence-corrected chi connectivity index (χ4v) is 2.88. The number of aromatic carboxylic acids is 1. The van der Waals surface area contributed by atoms with E-state index in [2.05, 4.69) is 5.32 Å². The Morgan fingerprint density at radius 3 is 2.93 bits per heavy atom. The third kappa shape index (κ3) is 1.11. The number of anilines is 1. The van der Waals surface area contributed by atoms with Crippen molar-refractivity contribution < 1.29 is 19.1 Å². The molecule has 0 unspecified atom stereocenters. The zero-order chi connectivity index (χ0) is 10.6. The van der Waals surface area contributed by atoms with Crippen LogP contribution in [-0.2, 0) is 4.79 Å². The summed E-state index contributed by atoms with van der Waals surface area (Å²) >= 11 is 1.31. The van der Waals surface area contributed by atoms with E-state index in [1.54, 1.807) is 0 Å². The maximum Gasteiger partial charge on any atom is 0.373 e. The summed E-state index contributed by atoms with van der Waals surface area (Å²) in [5, 5.41) is 11.5. The highest BCUT2D eigenvalue weighted by Gasteiger charge is 2.54. The Kier molecular flexibility index (Phi) is 1.52. The molecule has 3 rings (SSSR count). The van der Waals surface area contributed by atoms with Crippen LogP contribution in [0.3, 0.4) is 0 Å². The molecule has 1 aromatic heterocycles. The number of carboxylic acid groups (broad SMARTS) is 1. The molecule has 1 amide bonds. The first-order chi connectivity index (χ1) is 7.12. The van der Waals surface area contributed by atoms with Crippen LogP contribution in [-0.4, -0.2) is 21.7 Å². The van der Waals surface area contributed by atoms with Crippen molar-refractivity contribution >= 4 is 29.3 Å². The predicted octanol–water partition coefficient (Wildman–Crippen LogP) is 1.55. The number of thioether (sulfide) groups is 1. The fraction of sp³-hybridized carbons (Fsp3) is 0.333. The van der Waals surface area contributed by atoms with Gasteiger partial charge in [0.05, 0.1) is 15.3 Å². The number of carbonyl (C=O) groups excluding carboxylic acids is 1. The fourth-order valence-electron chi connectivity index (χ4n) is 1.60. The zero-order valence-electron chi connectivity index (χ0n) is 7.57. The average Bonchev–Trinajstić information content (AvgIpc) is 2.82. The molecule has 0 atom stereocenters. The van der Waals surface area contributed by atoms with Crippen LogP contribution in [0.4, 0.5) is 5.69 Å². The minimum absolute atomic E-state index is 0.0438. The van der Waals surface area contributed by atoms with Gasteiger partial charge in [0.25, 0.3) is 0 Å². The second-order valence-electron chi connectivity index (χ2n) is 3.66. The van der Waals surface area contributed by atoms with Crippen LogP contribution < -0.4 is 5.32 Å². The summed E-state index contributed by atoms with van der Waals surface area (Å²) in [6.45, 7) is 0. The van der Waals surface area contributed by atoms with Crippen LogP contribution in [0.25, 0.3) is 0 Å². The molecule has 5 nitrogen and oxygen atoms in total. The standard InChI is InChI=1S/C9H7NO4S/c11-7(12)5-6-4(3-14-5)10-8(13)9(15-6)1-2-9/h3H,1-2H2,(H,10,13)(H,11,12). The molecular weight excluding hydrogens is 218 g/mol. The van der Waals surface area contributed by atoms with Gasteiger partial charge in [-0.05, 0) is 12.8 Å². The van der Waals surface area contributed by atoms with Crippen LogP contribution >= 0.6 is 11.8 Å². The van der Waals surface area contributed by atoms with Gasteiger partial charge in [0, 0.05) is 0 Å². The number of hydrogen-bond donors (Lipinski definition) is 2. The Hall–Kier alpha value is -1.43. The first kappa shape index (κ1) is 8.84. The highest BCUT2D eigenvalue weighted by Crippen LogP contribution is 2.57. The molecular formula is C9H7NO4S. The lowest BCUT2D eigenvalue weighted by Crippen LogP contribution is -2.30. The molecule has 0 radical (unpaired) electrons. The van der Waals surface area contributed by atoms with Crippen molar-refractivity contribution in [2.75, 3.05) is 5.32 Å². The minimum Gasteiger partial charge on any atom is -0.475 e. The normalized spacial score (nSPS) is 20.9. The van der Waals surface area contributed by atoms with E-state index in [0.717, 1.165) is 12.8 Å². The number of furan rings is 1. The highest BCUT2D eigenvalue weighted by atomic mass is 32.2. The molecule has 0 aromatic carbocycles. The monoisotopic (exact) mass is 225 g/mol. The van der Waals surface area contributed by atoms with Crippen molar-refractivity contribution in [3.63, 3.8) is 0 Å². The zero-order valence-corrected chi connectivity index (χ0v) is 8.39. The van der Waals surface area contributed by atoms with Crippen LogP contribution in [0.5, 0.6) is 0 Å². The van der Waals surface area contributed by atoms with Crippen molar-refractivity contribution in [3.8, 4) is 0 Å². The van der Waals surface area contributed by atoms with Gasteiger partial charge in [0.2, 0.25) is 11.7 Å². The Balaban J connectivity index is 2.08. The molecule has 6 heteroatoms. The quantitative estimate of drug-likeness (QED) is 0.758. The van der Waals surface area contributed by atoms with E-state index in [4.69, 9.17) is 9.52 Å². The molecule has 1 aliphatic heterocycles. The second-order valence-corrected chi connectivity index (χ2v) is 5.06. The topological polar surface area (TPSA) is 79.5 Å². The summed E-state index contributed by atoms with van der Waals surface area (Å²) in [6, 6.07) is 0. The van der Waals surface area contributed by atoms with Crippen LogP contribution in [0.2, 0.25) is 0 Å². The summed E-state index contributed by atoms with van der Waals surface area (Å²) in [5.41, 5.74) is 0.472. The molecule has 1 aromatic rings. The molecule has 1 aliphatic carbocycles. The van der Waals surface area contributed by atoms with Gasteiger partial charge in [-0.25, -0.2) is 4.79 Å². The van der Waals surface area contributed by atoms with Crippen molar-refractivity contribution in [2.24, 2.45) is 0 Å². The number of rotatable bonds is 1. The van der Waals surface area contributed by atoms with Gasteiger partial charge in [-0.15, -0.1) is 11.8 Å². The van der Waals surface area contributed by atoms with E-state index < -0.39 is 10.7 Å². The third-order valence-electron chi connectivity index (χ3n) is 2.60. The number of amides is 1. The molecule has 0 saturated heterocycles. The highest BCUT2D eigenvalue weighted by molar-refractivity contribution is 8.02. The number of carbonyl (C=O) groups is 2. The van der Waals surface area contributed by atoms with Gasteiger partial charge in [0.15, 0.2) is 0 Å². The van der Waals surface area contributed by atoms with Crippen molar-refractivity contribution in [1.82, 2.24) is 0 Å². The van der Waals surface area contributed by atoms with E-state index >= 15 is 0 Å². The number of fused-ring (bicyclic) bond motifs is 1. The maximum atomic E-state index is 11.6. The molecule has 78 valence electrons. The smallest absolute Gasteiger partial charge is 0.373 e. The molecule has 2 heterocycles. The molecule has 1 spiro atoms. The van der Waals surface area contributed by atoms with Crippen molar-refractivity contribution in [1.29, 1.82) is 0 Å². The lowest BCUT2D eigenvalue weighted by atomic mass is 10.3. The first-order valence-corrected chi connectivity index (χ1v) is 5.29. The molecule has 0 bridgehead atoms. The third-order valence-corrected chi connectivity index (χ3v) is 4.20. The Labute approximate surface area is 88.8 Å². The van der Waals surface area contributed by atoms with Gasteiger partial charge < -0.3 is 14.8 Å². The van der Waals surface area contributed by atoms with E-state index in [-0.39, 0.29) is 11.7 Å². The van der Waals surface area contributed by atoms with Gasteiger partial charge in [-0.2, -0.15) is 0 Å².